The molecule has 0 heterocycles. The molecule has 0 saturated carbocycles. The number of carbonyl (C=O) groups excluding carboxylic acids is 1. The summed E-state index contributed by atoms with van der Waals surface area (Å²) >= 11 is -0.580. The Hall–Kier alpha value is -1.56. The molecule has 2 rings (SSSR count). The average Bonchev–Trinajstić information content (AvgIpc) is 2.57. The first-order valence-electron chi connectivity index (χ1n) is 7.53. The minimum atomic E-state index is -0.580. The van der Waals surface area contributed by atoms with Gasteiger partial charge >= 0.3 is 143 Å². The SMILES string of the molecule is CCN(CC)C(=O)/C=C(/[Te]c1ccccc1)c1ccccc1. The Labute approximate surface area is 142 Å². The molecule has 22 heavy (non-hydrogen) atoms. The zero-order valence-corrected chi connectivity index (χ0v) is 15.4. The van der Waals surface area contributed by atoms with Crippen LogP contribution in [-0.4, -0.2) is 44.8 Å². The maximum atomic E-state index is 12.4. The molecule has 0 bridgehead atoms. The number of likely N-dealkylation sites (N-methyl/N-ethyl adjacent to an activating group) is 1. The number of hydrogen-bond donors (Lipinski definition) is 0. The molecule has 0 fully saturated rings. The third kappa shape index (κ3) is 4.73. The van der Waals surface area contributed by atoms with E-state index in [1.54, 1.807) is 0 Å². The molecule has 0 aliphatic rings. The fraction of sp³-hybridized carbons (Fsp3) is 0.211. The number of benzene rings is 2. The molecule has 1 amide bonds. The third-order valence-corrected chi connectivity index (χ3v) is 6.45. The first-order valence-corrected chi connectivity index (χ1v) is 9.86. The van der Waals surface area contributed by atoms with Crippen molar-refractivity contribution in [1.29, 1.82) is 0 Å². The molecule has 0 unspecified atom stereocenters. The molecule has 3 heteroatoms. The molecule has 114 valence electrons. The van der Waals surface area contributed by atoms with Crippen LogP contribution in [-0.2, 0) is 4.79 Å². The summed E-state index contributed by atoms with van der Waals surface area (Å²) in [7, 11) is 0. The van der Waals surface area contributed by atoms with Crippen LogP contribution in [0.4, 0.5) is 0 Å². The molecule has 0 N–H and O–H groups in total. The Balaban J connectivity index is 2.31. The molecule has 2 nitrogen and oxygen atoms in total. The van der Waals surface area contributed by atoms with Gasteiger partial charge in [-0.25, -0.2) is 0 Å². The first kappa shape index (κ1) is 16.8. The van der Waals surface area contributed by atoms with E-state index in [2.05, 4.69) is 36.4 Å². The van der Waals surface area contributed by atoms with Gasteiger partial charge in [-0.3, -0.25) is 0 Å². The van der Waals surface area contributed by atoms with E-state index in [1.165, 1.54) is 7.23 Å². The van der Waals surface area contributed by atoms with Crippen LogP contribution in [0.25, 0.3) is 3.62 Å². The maximum absolute atomic E-state index is 12.4. The van der Waals surface area contributed by atoms with Gasteiger partial charge in [-0.15, -0.1) is 0 Å². The fourth-order valence-corrected chi connectivity index (χ4v) is 4.87. The van der Waals surface area contributed by atoms with E-state index in [9.17, 15) is 4.79 Å². The van der Waals surface area contributed by atoms with Crippen LogP contribution in [0.1, 0.15) is 19.4 Å². The summed E-state index contributed by atoms with van der Waals surface area (Å²) in [5.41, 5.74) is 1.16. The normalized spacial score (nSPS) is 11.3. The zero-order valence-electron chi connectivity index (χ0n) is 13.0. The van der Waals surface area contributed by atoms with E-state index in [0.29, 0.717) is 0 Å². The van der Waals surface area contributed by atoms with Crippen LogP contribution in [0.15, 0.2) is 66.7 Å². The van der Waals surface area contributed by atoms with Gasteiger partial charge in [0.1, 0.15) is 0 Å². The van der Waals surface area contributed by atoms with Gasteiger partial charge in [0.15, 0.2) is 0 Å². The van der Waals surface area contributed by atoms with E-state index in [0.717, 1.165) is 18.7 Å². The van der Waals surface area contributed by atoms with Gasteiger partial charge in [-0.2, -0.15) is 0 Å². The van der Waals surface area contributed by atoms with Crippen LogP contribution < -0.4 is 3.61 Å². The summed E-state index contributed by atoms with van der Waals surface area (Å²) < 4.78 is 2.53. The molecule has 2 aromatic rings. The van der Waals surface area contributed by atoms with Crippen molar-refractivity contribution < 1.29 is 4.79 Å². The molecule has 0 aliphatic heterocycles. The predicted molar refractivity (Wildman–Crippen MR) is 94.2 cm³/mol. The Kier molecular flexibility index (Phi) is 6.71. The minimum absolute atomic E-state index is 0.116. The summed E-state index contributed by atoms with van der Waals surface area (Å²) in [5, 5.41) is 0. The van der Waals surface area contributed by atoms with Gasteiger partial charge in [0.2, 0.25) is 0 Å². The van der Waals surface area contributed by atoms with Crippen LogP contribution in [0.5, 0.6) is 0 Å². The summed E-state index contributed by atoms with van der Waals surface area (Å²) in [6, 6.07) is 20.7. The average molecular weight is 407 g/mol. The first-order chi connectivity index (χ1) is 10.7. The summed E-state index contributed by atoms with van der Waals surface area (Å²) in [4.78, 5) is 14.3. The topological polar surface area (TPSA) is 20.3 Å². The van der Waals surface area contributed by atoms with Gasteiger partial charge in [-0.1, -0.05) is 0 Å². The molecular formula is C19H21NOTe. The van der Waals surface area contributed by atoms with Gasteiger partial charge in [0.05, 0.1) is 0 Å². The number of amides is 1. The molecule has 0 spiro atoms. The summed E-state index contributed by atoms with van der Waals surface area (Å²) in [6.07, 6.45) is 1.84. The molecule has 0 aromatic heterocycles. The standard InChI is InChI=1S/C19H21NOTe/c1-3-20(4-2)19(21)15-18(16-11-7-5-8-12-16)22-17-13-9-6-10-14-17/h5-15H,3-4H2,1-2H3/b18-15+. The van der Waals surface area contributed by atoms with Crippen molar-refractivity contribution >= 4 is 34.1 Å². The second-order valence-corrected chi connectivity index (χ2v) is 7.98. The molecule has 0 atom stereocenters. The van der Waals surface area contributed by atoms with Crippen molar-refractivity contribution in [2.24, 2.45) is 0 Å². The Morgan fingerprint density at radius 3 is 2.05 bits per heavy atom. The second kappa shape index (κ2) is 8.78. The summed E-state index contributed by atoms with van der Waals surface area (Å²) in [6.45, 7) is 5.54. The van der Waals surface area contributed by atoms with Crippen LogP contribution in [0.2, 0.25) is 0 Å². The monoisotopic (exact) mass is 409 g/mol. The Morgan fingerprint density at radius 1 is 0.955 bits per heavy atom. The van der Waals surface area contributed by atoms with E-state index in [-0.39, 0.29) is 5.91 Å². The van der Waals surface area contributed by atoms with Crippen molar-refractivity contribution in [3.63, 3.8) is 0 Å². The Morgan fingerprint density at radius 2 is 1.50 bits per heavy atom. The second-order valence-electron chi connectivity index (χ2n) is 4.80. The van der Waals surface area contributed by atoms with Gasteiger partial charge in [0.25, 0.3) is 0 Å². The molecule has 0 saturated heterocycles. The van der Waals surface area contributed by atoms with Crippen LogP contribution >= 0.6 is 0 Å². The number of hydrogen-bond acceptors (Lipinski definition) is 1. The number of rotatable bonds is 6. The van der Waals surface area contributed by atoms with Crippen LogP contribution in [0, 0.1) is 0 Å². The Bertz CT molecular complexity index is 618. The van der Waals surface area contributed by atoms with E-state index in [4.69, 9.17) is 0 Å². The van der Waals surface area contributed by atoms with Crippen molar-refractivity contribution in [3.8, 4) is 0 Å². The third-order valence-electron chi connectivity index (χ3n) is 3.36. The van der Waals surface area contributed by atoms with Crippen molar-refractivity contribution in [2.75, 3.05) is 13.1 Å². The number of carbonyl (C=O) groups is 1. The molecule has 2 aromatic carbocycles. The van der Waals surface area contributed by atoms with Crippen molar-refractivity contribution in [3.05, 3.63) is 72.3 Å². The van der Waals surface area contributed by atoms with E-state index in [1.807, 2.05) is 49.1 Å². The quantitative estimate of drug-likeness (QED) is 0.533. The van der Waals surface area contributed by atoms with E-state index < -0.39 is 20.9 Å². The van der Waals surface area contributed by atoms with Crippen molar-refractivity contribution in [2.45, 2.75) is 13.8 Å². The van der Waals surface area contributed by atoms with Gasteiger partial charge < -0.3 is 0 Å². The molecular weight excluding hydrogens is 386 g/mol. The summed E-state index contributed by atoms with van der Waals surface area (Å²) in [5.74, 6) is 0.116. The number of nitrogens with zero attached hydrogens (tertiary/aromatic N) is 1. The van der Waals surface area contributed by atoms with Gasteiger partial charge in [-0.05, 0) is 0 Å². The van der Waals surface area contributed by atoms with Gasteiger partial charge in [0, 0.05) is 0 Å². The molecule has 0 aliphatic carbocycles. The molecule has 0 radical (unpaired) electrons. The van der Waals surface area contributed by atoms with Crippen molar-refractivity contribution in [1.82, 2.24) is 4.90 Å². The van der Waals surface area contributed by atoms with Crippen LogP contribution in [0.3, 0.4) is 0 Å². The van der Waals surface area contributed by atoms with E-state index >= 15 is 0 Å². The fourth-order valence-electron chi connectivity index (χ4n) is 2.13. The zero-order chi connectivity index (χ0) is 15.8. The predicted octanol–water partition coefficient (Wildman–Crippen LogP) is 2.93.